The van der Waals surface area contributed by atoms with Crippen molar-refractivity contribution < 1.29 is 9.18 Å². The molecule has 100 valence electrons. The molecule has 0 aliphatic heterocycles. The van der Waals surface area contributed by atoms with Gasteiger partial charge in [-0.25, -0.2) is 4.39 Å². The molecule has 4 heteroatoms. The summed E-state index contributed by atoms with van der Waals surface area (Å²) in [6, 6.07) is 6.09. The number of carbonyl (C=O) groups excluding carboxylic acids is 1. The van der Waals surface area contributed by atoms with E-state index in [1.54, 1.807) is 23.9 Å². The molecular weight excluding hydrogens is 249 g/mol. The Hall–Kier alpha value is -1.03. The standard InChI is InChI=1S/C14H20FNOS/c1-10(11-5-7-12(15)8-6-11)16-13(17)9-18-14(2,3)4/h5-8,10H,9H2,1-4H3,(H,16,17). The minimum Gasteiger partial charge on any atom is -0.349 e. The molecule has 0 saturated carbocycles. The van der Waals surface area contributed by atoms with E-state index < -0.39 is 0 Å². The highest BCUT2D eigenvalue weighted by atomic mass is 32.2. The number of hydrogen-bond donors (Lipinski definition) is 1. The lowest BCUT2D eigenvalue weighted by atomic mass is 10.1. The topological polar surface area (TPSA) is 29.1 Å². The van der Waals surface area contributed by atoms with Gasteiger partial charge in [-0.15, -0.1) is 11.8 Å². The Labute approximate surface area is 112 Å². The number of halogens is 1. The lowest BCUT2D eigenvalue weighted by Gasteiger charge is -2.19. The predicted octanol–water partition coefficient (Wildman–Crippen LogP) is 3.53. The fourth-order valence-electron chi connectivity index (χ4n) is 1.40. The Bertz CT molecular complexity index is 397. The second-order valence-corrected chi connectivity index (χ2v) is 7.04. The van der Waals surface area contributed by atoms with Crippen LogP contribution in [0.3, 0.4) is 0 Å². The first-order chi connectivity index (χ1) is 8.28. The highest BCUT2D eigenvalue weighted by molar-refractivity contribution is 8.01. The summed E-state index contributed by atoms with van der Waals surface area (Å²) in [5, 5.41) is 2.91. The Morgan fingerprint density at radius 1 is 1.33 bits per heavy atom. The van der Waals surface area contributed by atoms with Crippen LogP contribution in [0, 0.1) is 5.82 Å². The Kier molecular flexibility index (Phi) is 5.20. The average molecular weight is 269 g/mol. The van der Waals surface area contributed by atoms with Crippen molar-refractivity contribution in [3.05, 3.63) is 35.6 Å². The minimum absolute atomic E-state index is 0.00625. The normalized spacial score (nSPS) is 13.2. The maximum absolute atomic E-state index is 12.8. The van der Waals surface area contributed by atoms with Gasteiger partial charge in [0.15, 0.2) is 0 Å². The molecule has 0 radical (unpaired) electrons. The molecule has 2 nitrogen and oxygen atoms in total. The second-order valence-electron chi connectivity index (χ2n) is 5.24. The molecule has 1 unspecified atom stereocenters. The van der Waals surface area contributed by atoms with Crippen molar-refractivity contribution in [1.82, 2.24) is 5.32 Å². The molecule has 0 bridgehead atoms. The van der Waals surface area contributed by atoms with Crippen molar-refractivity contribution in [2.24, 2.45) is 0 Å². The van der Waals surface area contributed by atoms with Crippen LogP contribution in [-0.4, -0.2) is 16.4 Å². The van der Waals surface area contributed by atoms with Crippen LogP contribution >= 0.6 is 11.8 Å². The maximum atomic E-state index is 12.8. The van der Waals surface area contributed by atoms with Crippen molar-refractivity contribution in [1.29, 1.82) is 0 Å². The first-order valence-corrected chi connectivity index (χ1v) is 6.95. The maximum Gasteiger partial charge on any atom is 0.230 e. The van der Waals surface area contributed by atoms with Crippen LogP contribution in [0.25, 0.3) is 0 Å². The molecule has 0 aliphatic rings. The van der Waals surface area contributed by atoms with Gasteiger partial charge in [0.1, 0.15) is 5.82 Å². The highest BCUT2D eigenvalue weighted by Crippen LogP contribution is 2.23. The summed E-state index contributed by atoms with van der Waals surface area (Å²) in [6.45, 7) is 8.13. The minimum atomic E-state index is -0.263. The fourth-order valence-corrected chi connectivity index (χ4v) is 2.05. The molecule has 0 fully saturated rings. The van der Waals surface area contributed by atoms with E-state index in [1.807, 2.05) is 6.92 Å². The van der Waals surface area contributed by atoms with Gasteiger partial charge in [-0.3, -0.25) is 4.79 Å². The number of amides is 1. The summed E-state index contributed by atoms with van der Waals surface area (Å²) in [6.07, 6.45) is 0. The lowest BCUT2D eigenvalue weighted by molar-refractivity contribution is -0.119. The molecule has 1 N–H and O–H groups in total. The number of rotatable bonds is 4. The number of hydrogen-bond acceptors (Lipinski definition) is 2. The van der Waals surface area contributed by atoms with E-state index >= 15 is 0 Å². The molecule has 1 aromatic rings. The molecule has 0 saturated heterocycles. The molecular formula is C14H20FNOS. The van der Waals surface area contributed by atoms with Gasteiger partial charge in [0.05, 0.1) is 11.8 Å². The van der Waals surface area contributed by atoms with E-state index in [1.165, 1.54) is 12.1 Å². The van der Waals surface area contributed by atoms with Gasteiger partial charge in [-0.2, -0.15) is 0 Å². The SMILES string of the molecule is CC(NC(=O)CSC(C)(C)C)c1ccc(F)cc1. The van der Waals surface area contributed by atoms with E-state index in [0.717, 1.165) is 5.56 Å². The van der Waals surface area contributed by atoms with Crippen molar-refractivity contribution in [3.8, 4) is 0 Å². The summed E-state index contributed by atoms with van der Waals surface area (Å²) in [7, 11) is 0. The summed E-state index contributed by atoms with van der Waals surface area (Å²) >= 11 is 1.61. The van der Waals surface area contributed by atoms with E-state index in [2.05, 4.69) is 26.1 Å². The number of carbonyl (C=O) groups is 1. The van der Waals surface area contributed by atoms with Crippen LogP contribution < -0.4 is 5.32 Å². The molecule has 0 heterocycles. The number of nitrogens with one attached hydrogen (secondary N) is 1. The third-order valence-corrected chi connectivity index (χ3v) is 3.66. The quantitative estimate of drug-likeness (QED) is 0.906. The summed E-state index contributed by atoms with van der Waals surface area (Å²) < 4.78 is 12.9. The van der Waals surface area contributed by atoms with E-state index in [9.17, 15) is 9.18 Å². The van der Waals surface area contributed by atoms with Gasteiger partial charge >= 0.3 is 0 Å². The monoisotopic (exact) mass is 269 g/mol. The van der Waals surface area contributed by atoms with Gasteiger partial charge in [-0.1, -0.05) is 32.9 Å². The van der Waals surface area contributed by atoms with Crippen LogP contribution in [-0.2, 0) is 4.79 Å². The molecule has 0 aliphatic carbocycles. The van der Waals surface area contributed by atoms with Gasteiger partial charge in [0, 0.05) is 4.75 Å². The Balaban J connectivity index is 2.47. The van der Waals surface area contributed by atoms with Crippen LogP contribution in [0.2, 0.25) is 0 Å². The lowest BCUT2D eigenvalue weighted by Crippen LogP contribution is -2.29. The smallest absolute Gasteiger partial charge is 0.230 e. The molecule has 1 atom stereocenters. The first-order valence-electron chi connectivity index (χ1n) is 5.97. The Morgan fingerprint density at radius 2 is 1.89 bits per heavy atom. The zero-order valence-corrected chi connectivity index (χ0v) is 12.1. The van der Waals surface area contributed by atoms with E-state index in [-0.39, 0.29) is 22.5 Å². The third-order valence-electron chi connectivity index (χ3n) is 2.38. The van der Waals surface area contributed by atoms with Crippen LogP contribution in [0.5, 0.6) is 0 Å². The average Bonchev–Trinajstić information content (AvgIpc) is 2.26. The van der Waals surface area contributed by atoms with Gasteiger partial charge < -0.3 is 5.32 Å². The van der Waals surface area contributed by atoms with E-state index in [0.29, 0.717) is 5.75 Å². The van der Waals surface area contributed by atoms with Crippen LogP contribution in [0.15, 0.2) is 24.3 Å². The summed E-state index contributed by atoms with van der Waals surface area (Å²) in [5.74, 6) is 0.182. The number of thioether (sulfide) groups is 1. The summed E-state index contributed by atoms with van der Waals surface area (Å²) in [5.41, 5.74) is 0.908. The second kappa shape index (κ2) is 6.23. The van der Waals surface area contributed by atoms with Gasteiger partial charge in [0.2, 0.25) is 5.91 Å². The van der Waals surface area contributed by atoms with Crippen molar-refractivity contribution in [2.45, 2.75) is 38.5 Å². The van der Waals surface area contributed by atoms with Crippen molar-refractivity contribution in [2.75, 3.05) is 5.75 Å². The summed E-state index contributed by atoms with van der Waals surface area (Å²) in [4.78, 5) is 11.7. The van der Waals surface area contributed by atoms with Gasteiger partial charge in [0.25, 0.3) is 0 Å². The zero-order valence-electron chi connectivity index (χ0n) is 11.3. The van der Waals surface area contributed by atoms with Crippen molar-refractivity contribution >= 4 is 17.7 Å². The highest BCUT2D eigenvalue weighted by Gasteiger charge is 2.15. The third kappa shape index (κ3) is 5.54. The zero-order chi connectivity index (χ0) is 13.8. The fraction of sp³-hybridized carbons (Fsp3) is 0.500. The molecule has 0 spiro atoms. The number of benzene rings is 1. The first kappa shape index (κ1) is 15.0. The van der Waals surface area contributed by atoms with E-state index in [4.69, 9.17) is 0 Å². The molecule has 0 aromatic heterocycles. The molecule has 18 heavy (non-hydrogen) atoms. The molecule has 1 amide bonds. The Morgan fingerprint density at radius 3 is 2.39 bits per heavy atom. The van der Waals surface area contributed by atoms with Crippen molar-refractivity contribution in [3.63, 3.8) is 0 Å². The van der Waals surface area contributed by atoms with Crippen LogP contribution in [0.1, 0.15) is 39.3 Å². The molecule has 1 aromatic carbocycles. The predicted molar refractivity (Wildman–Crippen MR) is 75.2 cm³/mol. The van der Waals surface area contributed by atoms with Gasteiger partial charge in [-0.05, 0) is 24.6 Å². The van der Waals surface area contributed by atoms with Crippen LogP contribution in [0.4, 0.5) is 4.39 Å². The molecule has 1 rings (SSSR count). The largest absolute Gasteiger partial charge is 0.349 e.